The van der Waals surface area contributed by atoms with Crippen molar-refractivity contribution in [2.75, 3.05) is 19.8 Å². The lowest BCUT2D eigenvalue weighted by Crippen LogP contribution is -2.50. The van der Waals surface area contributed by atoms with Gasteiger partial charge in [0.15, 0.2) is 0 Å². The Kier molecular flexibility index (Phi) is 8.42. The number of nitrogens with zero attached hydrogens (tertiary/aromatic N) is 1. The number of hydrogen-bond acceptors (Lipinski definition) is 4. The molecule has 7 nitrogen and oxygen atoms in total. The van der Waals surface area contributed by atoms with E-state index >= 15 is 0 Å². The van der Waals surface area contributed by atoms with E-state index in [0.29, 0.717) is 32.6 Å². The lowest BCUT2D eigenvalue weighted by atomic mass is 9.95. The predicted molar refractivity (Wildman–Crippen MR) is 136 cm³/mol. The van der Waals surface area contributed by atoms with Crippen molar-refractivity contribution in [3.8, 4) is 5.75 Å². The van der Waals surface area contributed by atoms with Crippen LogP contribution in [0.3, 0.4) is 0 Å². The van der Waals surface area contributed by atoms with E-state index in [1.165, 1.54) is 0 Å². The van der Waals surface area contributed by atoms with Crippen molar-refractivity contribution in [1.82, 2.24) is 15.2 Å². The molecule has 7 heteroatoms. The molecule has 0 spiro atoms. The molecule has 1 aliphatic rings. The predicted octanol–water partition coefficient (Wildman–Crippen LogP) is 3.57. The Morgan fingerprint density at radius 2 is 2.09 bits per heavy atom. The topological polar surface area (TPSA) is 92.6 Å². The van der Waals surface area contributed by atoms with Crippen molar-refractivity contribution in [3.05, 3.63) is 65.9 Å². The molecule has 0 radical (unpaired) electrons. The standard InChI is InChI=1S/C28H35N3O4/c1-2-21(9-5-7-20-8-6-10-23(32)17-20)27(33)30-25-18-22-19-31(26-12-4-3-11-24(22)26)14-16-35-15-13-29-28(25)34/h3-4,6,8,10-12,17,19,21,25,32H,2,5,7,9,13-16,18H2,1H3,(H,29,34)(H,30,33)/t21-,25+/m1/s1. The number of aromatic nitrogens is 1. The summed E-state index contributed by atoms with van der Waals surface area (Å²) in [6.45, 7) is 4.17. The van der Waals surface area contributed by atoms with Crippen LogP contribution in [0.5, 0.6) is 5.75 Å². The number of phenolic OH excluding ortho intramolecular Hbond substituents is 1. The minimum atomic E-state index is -0.652. The Balaban J connectivity index is 1.46. The van der Waals surface area contributed by atoms with Crippen molar-refractivity contribution in [3.63, 3.8) is 0 Å². The van der Waals surface area contributed by atoms with Gasteiger partial charge in [0.1, 0.15) is 11.8 Å². The maximum atomic E-state index is 13.2. The highest BCUT2D eigenvalue weighted by Crippen LogP contribution is 2.23. The summed E-state index contributed by atoms with van der Waals surface area (Å²) in [6, 6.07) is 14.7. The number of amides is 2. The quantitative estimate of drug-likeness (QED) is 0.485. The summed E-state index contributed by atoms with van der Waals surface area (Å²) in [7, 11) is 0. The number of benzene rings is 2. The Morgan fingerprint density at radius 1 is 1.23 bits per heavy atom. The van der Waals surface area contributed by atoms with Crippen LogP contribution in [-0.4, -0.2) is 47.3 Å². The van der Waals surface area contributed by atoms with E-state index in [1.54, 1.807) is 12.1 Å². The molecule has 0 saturated carbocycles. The number of rotatable bonds is 7. The SMILES string of the molecule is CC[C@H](CCCc1cccc(O)c1)C(=O)N[C@H]1Cc2cn(c3ccccc23)CCOCCNC1=O. The van der Waals surface area contributed by atoms with Crippen molar-refractivity contribution in [2.24, 2.45) is 5.92 Å². The smallest absolute Gasteiger partial charge is 0.243 e. The minimum Gasteiger partial charge on any atom is -0.508 e. The van der Waals surface area contributed by atoms with E-state index in [2.05, 4.69) is 33.5 Å². The number of aryl methyl sites for hydroxylation is 1. The molecule has 0 unspecified atom stereocenters. The summed E-state index contributed by atoms with van der Waals surface area (Å²) in [4.78, 5) is 26.3. The van der Waals surface area contributed by atoms with Gasteiger partial charge in [-0.05, 0) is 55.0 Å². The zero-order chi connectivity index (χ0) is 24.6. The van der Waals surface area contributed by atoms with Gasteiger partial charge in [0.2, 0.25) is 11.8 Å². The molecule has 2 bridgehead atoms. The fourth-order valence-corrected chi connectivity index (χ4v) is 4.81. The molecule has 2 atom stereocenters. The zero-order valence-corrected chi connectivity index (χ0v) is 20.3. The maximum absolute atomic E-state index is 13.2. The van der Waals surface area contributed by atoms with Crippen molar-refractivity contribution >= 4 is 22.7 Å². The van der Waals surface area contributed by atoms with Crippen LogP contribution >= 0.6 is 0 Å². The number of hydrogen-bond donors (Lipinski definition) is 3. The van der Waals surface area contributed by atoms with Crippen LogP contribution in [0, 0.1) is 5.92 Å². The molecule has 4 rings (SSSR count). The molecular formula is C28H35N3O4. The van der Waals surface area contributed by atoms with Crippen LogP contribution in [0.25, 0.3) is 10.9 Å². The van der Waals surface area contributed by atoms with Gasteiger partial charge in [0.25, 0.3) is 0 Å². The number of carbonyl (C=O) groups is 2. The summed E-state index contributed by atoms with van der Waals surface area (Å²) in [6.07, 6.45) is 5.56. The first-order chi connectivity index (χ1) is 17.0. The third-order valence-corrected chi connectivity index (χ3v) is 6.74. The molecule has 3 N–H and O–H groups in total. The molecule has 1 aromatic heterocycles. The number of carbonyl (C=O) groups excluding carboxylic acids is 2. The summed E-state index contributed by atoms with van der Waals surface area (Å²) < 4.78 is 7.86. The van der Waals surface area contributed by atoms with Crippen LogP contribution in [0.4, 0.5) is 0 Å². The third-order valence-electron chi connectivity index (χ3n) is 6.74. The van der Waals surface area contributed by atoms with Gasteiger partial charge in [0.05, 0.1) is 13.2 Å². The first-order valence-electron chi connectivity index (χ1n) is 12.6. The second-order valence-corrected chi connectivity index (χ2v) is 9.20. The minimum absolute atomic E-state index is 0.0874. The van der Waals surface area contributed by atoms with Crippen LogP contribution < -0.4 is 10.6 Å². The molecule has 2 aromatic carbocycles. The van der Waals surface area contributed by atoms with Gasteiger partial charge in [-0.25, -0.2) is 0 Å². The van der Waals surface area contributed by atoms with Gasteiger partial charge in [0, 0.05) is 42.5 Å². The number of para-hydroxylation sites is 1. The maximum Gasteiger partial charge on any atom is 0.243 e. The Morgan fingerprint density at radius 3 is 2.91 bits per heavy atom. The van der Waals surface area contributed by atoms with Crippen molar-refractivity contribution in [2.45, 2.75) is 51.6 Å². The number of fused-ring (bicyclic) bond motifs is 5. The van der Waals surface area contributed by atoms with Gasteiger partial charge in [-0.2, -0.15) is 0 Å². The first-order valence-corrected chi connectivity index (χ1v) is 12.6. The van der Waals surface area contributed by atoms with Crippen molar-refractivity contribution < 1.29 is 19.4 Å². The molecule has 3 aromatic rings. The second kappa shape index (κ2) is 11.9. The average Bonchev–Trinajstić information content (AvgIpc) is 3.20. The number of phenols is 1. The normalized spacial score (nSPS) is 17.7. The lowest BCUT2D eigenvalue weighted by Gasteiger charge is -2.22. The van der Waals surface area contributed by atoms with E-state index in [-0.39, 0.29) is 23.5 Å². The molecule has 0 aliphatic carbocycles. The van der Waals surface area contributed by atoms with E-state index in [0.717, 1.165) is 47.8 Å². The van der Waals surface area contributed by atoms with E-state index < -0.39 is 6.04 Å². The van der Waals surface area contributed by atoms with Crippen LogP contribution in [0.15, 0.2) is 54.7 Å². The van der Waals surface area contributed by atoms with E-state index in [1.807, 2.05) is 31.2 Å². The molecule has 2 heterocycles. The summed E-state index contributed by atoms with van der Waals surface area (Å²) >= 11 is 0. The number of nitrogens with one attached hydrogen (secondary N) is 2. The highest BCUT2D eigenvalue weighted by molar-refractivity contribution is 5.90. The number of aromatic hydroxyl groups is 1. The Bertz CT molecular complexity index is 1160. The molecule has 0 saturated heterocycles. The Hall–Kier alpha value is -3.32. The highest BCUT2D eigenvalue weighted by atomic mass is 16.5. The monoisotopic (exact) mass is 477 g/mol. The lowest BCUT2D eigenvalue weighted by molar-refractivity contribution is -0.131. The molecule has 35 heavy (non-hydrogen) atoms. The van der Waals surface area contributed by atoms with E-state index in [4.69, 9.17) is 4.74 Å². The van der Waals surface area contributed by atoms with E-state index in [9.17, 15) is 14.7 Å². The summed E-state index contributed by atoms with van der Waals surface area (Å²) in [5, 5.41) is 16.7. The zero-order valence-electron chi connectivity index (χ0n) is 20.3. The molecular weight excluding hydrogens is 442 g/mol. The average molecular weight is 478 g/mol. The van der Waals surface area contributed by atoms with Gasteiger partial charge in [-0.1, -0.05) is 37.3 Å². The third kappa shape index (κ3) is 6.42. The van der Waals surface area contributed by atoms with Gasteiger partial charge in [-0.15, -0.1) is 0 Å². The first kappa shape index (κ1) is 24.8. The van der Waals surface area contributed by atoms with Crippen LogP contribution in [0.1, 0.15) is 37.3 Å². The molecule has 1 aliphatic heterocycles. The molecule has 2 amide bonds. The second-order valence-electron chi connectivity index (χ2n) is 9.20. The van der Waals surface area contributed by atoms with Gasteiger partial charge >= 0.3 is 0 Å². The molecule has 186 valence electrons. The van der Waals surface area contributed by atoms with Gasteiger partial charge in [-0.3, -0.25) is 9.59 Å². The van der Waals surface area contributed by atoms with Crippen LogP contribution in [-0.2, 0) is 33.7 Å². The largest absolute Gasteiger partial charge is 0.508 e. The van der Waals surface area contributed by atoms with Gasteiger partial charge < -0.3 is 25.0 Å². The highest BCUT2D eigenvalue weighted by Gasteiger charge is 2.26. The Labute approximate surface area is 206 Å². The van der Waals surface area contributed by atoms with Crippen molar-refractivity contribution in [1.29, 1.82) is 0 Å². The fourth-order valence-electron chi connectivity index (χ4n) is 4.81. The number of ether oxygens (including phenoxy) is 1. The molecule has 0 fully saturated rings. The fraction of sp³-hybridized carbons (Fsp3) is 0.429. The summed E-state index contributed by atoms with van der Waals surface area (Å²) in [5.41, 5.74) is 3.20. The summed E-state index contributed by atoms with van der Waals surface area (Å²) in [5.74, 6) is -0.191. The van der Waals surface area contributed by atoms with Crippen LogP contribution in [0.2, 0.25) is 0 Å².